The minimum absolute atomic E-state index is 0.0376. The number of benzene rings is 1. The summed E-state index contributed by atoms with van der Waals surface area (Å²) in [4.78, 5) is 12.5. The fraction of sp³-hybridized carbons (Fsp3) is 0.412. The molecule has 1 aromatic heterocycles. The summed E-state index contributed by atoms with van der Waals surface area (Å²) >= 11 is 6.21. The summed E-state index contributed by atoms with van der Waals surface area (Å²) in [5.74, 6) is 0.344. The number of hydrogen-bond donors (Lipinski definition) is 2. The third-order valence-corrected chi connectivity index (χ3v) is 4.60. The Morgan fingerprint density at radius 1 is 1.48 bits per heavy atom. The highest BCUT2D eigenvalue weighted by Crippen LogP contribution is 2.34. The molecule has 1 fully saturated rings. The molecule has 1 amide bonds. The molecule has 3 rings (SSSR count). The van der Waals surface area contributed by atoms with E-state index in [1.807, 2.05) is 25.1 Å². The summed E-state index contributed by atoms with van der Waals surface area (Å²) in [6.45, 7) is 1.93. The van der Waals surface area contributed by atoms with Crippen molar-refractivity contribution < 1.29 is 9.90 Å². The highest BCUT2D eigenvalue weighted by molar-refractivity contribution is 6.32. The van der Waals surface area contributed by atoms with Gasteiger partial charge in [-0.25, -0.2) is 4.68 Å². The lowest BCUT2D eigenvalue weighted by Crippen LogP contribution is -2.37. The molecule has 0 radical (unpaired) electrons. The van der Waals surface area contributed by atoms with Gasteiger partial charge in [-0.2, -0.15) is 5.10 Å². The Bertz CT molecular complexity index is 710. The van der Waals surface area contributed by atoms with E-state index < -0.39 is 0 Å². The summed E-state index contributed by atoms with van der Waals surface area (Å²) in [7, 11) is 0. The summed E-state index contributed by atoms with van der Waals surface area (Å²) in [6.07, 6.45) is 4.39. The van der Waals surface area contributed by atoms with Gasteiger partial charge in [0.05, 0.1) is 28.2 Å². The summed E-state index contributed by atoms with van der Waals surface area (Å²) in [5, 5.41) is 17.1. The quantitative estimate of drug-likeness (QED) is 0.854. The van der Waals surface area contributed by atoms with E-state index in [0.29, 0.717) is 22.9 Å². The average Bonchev–Trinajstić information content (AvgIpc) is 3.31. The Balaban J connectivity index is 1.81. The minimum atomic E-state index is -0.147. The van der Waals surface area contributed by atoms with Gasteiger partial charge in [-0.15, -0.1) is 0 Å². The van der Waals surface area contributed by atoms with Gasteiger partial charge in [0, 0.05) is 12.6 Å². The molecule has 1 heterocycles. The van der Waals surface area contributed by atoms with Crippen LogP contribution >= 0.6 is 11.6 Å². The van der Waals surface area contributed by atoms with E-state index in [1.54, 1.807) is 16.9 Å². The van der Waals surface area contributed by atoms with Crippen LogP contribution in [-0.4, -0.2) is 33.4 Å². The predicted molar refractivity (Wildman–Crippen MR) is 89.0 cm³/mol. The van der Waals surface area contributed by atoms with Crippen LogP contribution in [0.25, 0.3) is 5.69 Å². The first kappa shape index (κ1) is 16.0. The third kappa shape index (κ3) is 3.41. The second-order valence-electron chi connectivity index (χ2n) is 5.94. The molecule has 1 aliphatic carbocycles. The number of aliphatic hydroxyl groups excluding tert-OH is 1. The van der Waals surface area contributed by atoms with Crippen LogP contribution in [0.4, 0.5) is 0 Å². The van der Waals surface area contributed by atoms with Gasteiger partial charge in [-0.1, -0.05) is 23.7 Å². The van der Waals surface area contributed by atoms with Crippen molar-refractivity contribution in [3.05, 3.63) is 46.7 Å². The molecule has 1 atom stereocenters. The van der Waals surface area contributed by atoms with Crippen LogP contribution in [0.3, 0.4) is 0 Å². The number of nitrogens with zero attached hydrogens (tertiary/aromatic N) is 2. The molecule has 0 saturated heterocycles. The molecule has 2 aromatic rings. The van der Waals surface area contributed by atoms with Crippen molar-refractivity contribution in [2.45, 2.75) is 32.2 Å². The van der Waals surface area contributed by atoms with Gasteiger partial charge < -0.3 is 10.4 Å². The molecule has 1 saturated carbocycles. The molecule has 6 heteroatoms. The van der Waals surface area contributed by atoms with Crippen molar-refractivity contribution >= 4 is 17.5 Å². The van der Waals surface area contributed by atoms with Crippen LogP contribution < -0.4 is 5.32 Å². The van der Waals surface area contributed by atoms with Crippen LogP contribution in [0.2, 0.25) is 5.02 Å². The molecule has 0 bridgehead atoms. The van der Waals surface area contributed by atoms with Crippen molar-refractivity contribution in [2.75, 3.05) is 6.61 Å². The van der Waals surface area contributed by atoms with Gasteiger partial charge >= 0.3 is 0 Å². The monoisotopic (exact) mass is 333 g/mol. The summed E-state index contributed by atoms with van der Waals surface area (Å²) in [6, 6.07) is 7.43. The van der Waals surface area contributed by atoms with Gasteiger partial charge in [0.1, 0.15) is 0 Å². The van der Waals surface area contributed by atoms with E-state index in [4.69, 9.17) is 16.7 Å². The van der Waals surface area contributed by atoms with Crippen molar-refractivity contribution in [2.24, 2.45) is 5.92 Å². The molecule has 23 heavy (non-hydrogen) atoms. The largest absolute Gasteiger partial charge is 0.396 e. The third-order valence-electron chi connectivity index (χ3n) is 4.28. The Morgan fingerprint density at radius 3 is 2.87 bits per heavy atom. The Kier molecular flexibility index (Phi) is 4.68. The average molecular weight is 334 g/mol. The number of carbonyl (C=O) groups excluding carboxylic acids is 1. The zero-order valence-electron chi connectivity index (χ0n) is 13.0. The minimum Gasteiger partial charge on any atom is -0.396 e. The van der Waals surface area contributed by atoms with Crippen molar-refractivity contribution in [3.8, 4) is 5.69 Å². The van der Waals surface area contributed by atoms with Gasteiger partial charge in [-0.05, 0) is 44.2 Å². The van der Waals surface area contributed by atoms with E-state index in [-0.39, 0.29) is 18.6 Å². The molecule has 1 aromatic carbocycles. The van der Waals surface area contributed by atoms with Gasteiger partial charge in [0.15, 0.2) is 0 Å². The van der Waals surface area contributed by atoms with Crippen LogP contribution in [0, 0.1) is 12.8 Å². The summed E-state index contributed by atoms with van der Waals surface area (Å²) < 4.78 is 1.68. The maximum atomic E-state index is 12.5. The van der Waals surface area contributed by atoms with Gasteiger partial charge in [0.25, 0.3) is 5.91 Å². The standard InChI is InChI=1S/C17H20ClN3O2/c1-11-13(17(23)20-15(8-9-22)12-6-7-12)10-19-21(11)16-5-3-2-4-14(16)18/h2-5,10,12,15,22H,6-9H2,1H3,(H,20,23). The topological polar surface area (TPSA) is 67.2 Å². The van der Waals surface area contributed by atoms with Crippen LogP contribution in [0.5, 0.6) is 0 Å². The van der Waals surface area contributed by atoms with Crippen molar-refractivity contribution in [1.29, 1.82) is 0 Å². The zero-order chi connectivity index (χ0) is 16.4. The number of nitrogens with one attached hydrogen (secondary N) is 1. The molecule has 5 nitrogen and oxygen atoms in total. The Hall–Kier alpha value is -1.85. The molecule has 0 spiro atoms. The zero-order valence-corrected chi connectivity index (χ0v) is 13.8. The maximum absolute atomic E-state index is 12.5. The SMILES string of the molecule is Cc1c(C(=O)NC(CCO)C2CC2)cnn1-c1ccccc1Cl. The first-order valence-electron chi connectivity index (χ1n) is 7.83. The van der Waals surface area contributed by atoms with Crippen molar-refractivity contribution in [1.82, 2.24) is 15.1 Å². The molecular formula is C17H20ClN3O2. The molecule has 1 unspecified atom stereocenters. The lowest BCUT2D eigenvalue weighted by molar-refractivity contribution is 0.0923. The Morgan fingerprint density at radius 2 is 2.22 bits per heavy atom. The second-order valence-corrected chi connectivity index (χ2v) is 6.34. The number of rotatable bonds is 6. The van der Waals surface area contributed by atoms with E-state index in [9.17, 15) is 4.79 Å². The smallest absolute Gasteiger partial charge is 0.254 e. The van der Waals surface area contributed by atoms with Crippen LogP contribution in [0.1, 0.15) is 35.3 Å². The molecular weight excluding hydrogens is 314 g/mol. The van der Waals surface area contributed by atoms with E-state index in [1.165, 1.54) is 0 Å². The summed E-state index contributed by atoms with van der Waals surface area (Å²) in [5.41, 5.74) is 2.03. The molecule has 0 aliphatic heterocycles. The molecule has 122 valence electrons. The maximum Gasteiger partial charge on any atom is 0.254 e. The number of para-hydroxylation sites is 1. The van der Waals surface area contributed by atoms with Crippen molar-refractivity contribution in [3.63, 3.8) is 0 Å². The normalized spacial score (nSPS) is 15.4. The number of amides is 1. The number of carbonyl (C=O) groups is 1. The lowest BCUT2D eigenvalue weighted by atomic mass is 10.1. The lowest BCUT2D eigenvalue weighted by Gasteiger charge is -2.17. The fourth-order valence-electron chi connectivity index (χ4n) is 2.81. The second kappa shape index (κ2) is 6.72. The first-order valence-corrected chi connectivity index (χ1v) is 8.21. The van der Waals surface area contributed by atoms with Crippen LogP contribution in [0.15, 0.2) is 30.5 Å². The van der Waals surface area contributed by atoms with E-state index >= 15 is 0 Å². The molecule has 1 aliphatic rings. The fourth-order valence-corrected chi connectivity index (χ4v) is 3.02. The highest BCUT2D eigenvalue weighted by atomic mass is 35.5. The van der Waals surface area contributed by atoms with E-state index in [2.05, 4.69) is 10.4 Å². The first-order chi connectivity index (χ1) is 11.1. The predicted octanol–water partition coefficient (Wildman–Crippen LogP) is 2.72. The van der Waals surface area contributed by atoms with Gasteiger partial charge in [0.2, 0.25) is 0 Å². The number of aliphatic hydroxyl groups is 1. The van der Waals surface area contributed by atoms with Crippen LogP contribution in [-0.2, 0) is 0 Å². The number of halogens is 1. The highest BCUT2D eigenvalue weighted by Gasteiger charge is 2.32. The number of hydrogen-bond acceptors (Lipinski definition) is 3. The molecule has 2 N–H and O–H groups in total. The Labute approximate surface area is 140 Å². The number of aromatic nitrogens is 2. The van der Waals surface area contributed by atoms with Gasteiger partial charge in [-0.3, -0.25) is 4.79 Å². The van der Waals surface area contributed by atoms with E-state index in [0.717, 1.165) is 24.2 Å².